The quantitative estimate of drug-likeness (QED) is 0.700. The maximum absolute atomic E-state index is 12.5. The molecule has 27 heavy (non-hydrogen) atoms. The first kappa shape index (κ1) is 21.0. The summed E-state index contributed by atoms with van der Waals surface area (Å²) < 4.78 is 60.4. The highest BCUT2D eigenvalue weighted by Crippen LogP contribution is 2.32. The molecule has 0 spiro atoms. The Morgan fingerprint density at radius 1 is 1.19 bits per heavy atom. The molecule has 0 atom stereocenters. The largest absolute Gasteiger partial charge is 0.417 e. The Morgan fingerprint density at radius 3 is 2.33 bits per heavy atom. The standard InChI is InChI=1S/C16H15ClF3N3O3S/c1-27(25,26)12-4-2-10(3-5-12)15(24)22-7-6-21-14-13(17)8-11(9-23-14)16(18,19)20/h2-5,8-9H,6-7H2,1H3,(H,21,23)(H,22,24). The van der Waals surface area contributed by atoms with E-state index in [1.807, 2.05) is 0 Å². The van der Waals surface area contributed by atoms with Gasteiger partial charge in [-0.1, -0.05) is 11.6 Å². The van der Waals surface area contributed by atoms with Gasteiger partial charge in [0, 0.05) is 31.1 Å². The summed E-state index contributed by atoms with van der Waals surface area (Å²) in [4.78, 5) is 15.7. The second-order valence-electron chi connectivity index (χ2n) is 5.53. The summed E-state index contributed by atoms with van der Waals surface area (Å²) in [6.07, 6.45) is -2.81. The summed E-state index contributed by atoms with van der Waals surface area (Å²) in [6, 6.07) is 6.18. The molecule has 0 aliphatic rings. The van der Waals surface area contributed by atoms with Gasteiger partial charge in [-0.3, -0.25) is 4.79 Å². The molecule has 2 N–H and O–H groups in total. The molecule has 0 bridgehead atoms. The molecule has 6 nitrogen and oxygen atoms in total. The summed E-state index contributed by atoms with van der Waals surface area (Å²) in [7, 11) is -3.34. The first-order valence-corrected chi connectivity index (χ1v) is 9.80. The van der Waals surface area contributed by atoms with Crippen LogP contribution in [-0.4, -0.2) is 38.7 Å². The number of alkyl halides is 3. The van der Waals surface area contributed by atoms with Gasteiger partial charge in [-0.2, -0.15) is 13.2 Å². The number of sulfone groups is 1. The zero-order valence-corrected chi connectivity index (χ0v) is 15.5. The Bertz CT molecular complexity index is 932. The van der Waals surface area contributed by atoms with Gasteiger partial charge in [0.1, 0.15) is 5.82 Å². The van der Waals surface area contributed by atoms with Gasteiger partial charge in [0.15, 0.2) is 9.84 Å². The molecule has 0 fully saturated rings. The number of nitrogens with zero attached hydrogens (tertiary/aromatic N) is 1. The third-order valence-electron chi connectivity index (χ3n) is 3.42. The van der Waals surface area contributed by atoms with Crippen LogP contribution in [0.1, 0.15) is 15.9 Å². The smallest absolute Gasteiger partial charge is 0.367 e. The van der Waals surface area contributed by atoms with Crippen LogP contribution in [0.15, 0.2) is 41.4 Å². The van der Waals surface area contributed by atoms with Crippen molar-refractivity contribution in [2.45, 2.75) is 11.1 Å². The highest BCUT2D eigenvalue weighted by molar-refractivity contribution is 7.90. The van der Waals surface area contributed by atoms with Crippen LogP contribution in [0.2, 0.25) is 5.02 Å². The lowest BCUT2D eigenvalue weighted by Crippen LogP contribution is -2.29. The van der Waals surface area contributed by atoms with Gasteiger partial charge in [0.2, 0.25) is 0 Å². The zero-order valence-electron chi connectivity index (χ0n) is 14.0. The van der Waals surface area contributed by atoms with Crippen LogP contribution in [0.5, 0.6) is 0 Å². The molecular formula is C16H15ClF3N3O3S. The molecule has 1 heterocycles. The monoisotopic (exact) mass is 421 g/mol. The number of carbonyl (C=O) groups excluding carboxylic acids is 1. The van der Waals surface area contributed by atoms with Gasteiger partial charge in [-0.05, 0) is 30.3 Å². The zero-order chi connectivity index (χ0) is 20.2. The summed E-state index contributed by atoms with van der Waals surface area (Å²) in [5.41, 5.74) is -0.683. The predicted molar refractivity (Wildman–Crippen MR) is 94.6 cm³/mol. The summed E-state index contributed by atoms with van der Waals surface area (Å²) in [5.74, 6) is -0.361. The van der Waals surface area contributed by atoms with Crippen molar-refractivity contribution in [3.05, 3.63) is 52.7 Å². The minimum atomic E-state index is -4.53. The predicted octanol–water partition coefficient (Wildman–Crippen LogP) is 3.00. The Labute approximate surface area is 158 Å². The maximum Gasteiger partial charge on any atom is 0.417 e. The van der Waals surface area contributed by atoms with Crippen molar-refractivity contribution in [2.75, 3.05) is 24.7 Å². The minimum absolute atomic E-state index is 0.0661. The van der Waals surface area contributed by atoms with Crippen LogP contribution < -0.4 is 10.6 Å². The highest BCUT2D eigenvalue weighted by atomic mass is 35.5. The fourth-order valence-corrected chi connectivity index (χ4v) is 2.90. The number of halogens is 4. The van der Waals surface area contributed by atoms with Gasteiger partial charge in [0.25, 0.3) is 5.91 Å². The number of carbonyl (C=O) groups is 1. The van der Waals surface area contributed by atoms with Crippen LogP contribution >= 0.6 is 11.6 Å². The van der Waals surface area contributed by atoms with E-state index in [0.717, 1.165) is 12.3 Å². The lowest BCUT2D eigenvalue weighted by atomic mass is 10.2. The molecule has 2 aromatic rings. The van der Waals surface area contributed by atoms with Crippen molar-refractivity contribution < 1.29 is 26.4 Å². The number of amides is 1. The average molecular weight is 422 g/mol. The normalized spacial score (nSPS) is 11.9. The molecule has 1 aromatic heterocycles. The first-order valence-electron chi connectivity index (χ1n) is 7.53. The molecular weight excluding hydrogens is 407 g/mol. The van der Waals surface area contributed by atoms with E-state index in [4.69, 9.17) is 11.6 Å². The third kappa shape index (κ3) is 5.83. The Kier molecular flexibility index (Phi) is 6.32. The van der Waals surface area contributed by atoms with Crippen molar-refractivity contribution >= 4 is 33.2 Å². The fraction of sp³-hybridized carbons (Fsp3) is 0.250. The lowest BCUT2D eigenvalue weighted by Gasteiger charge is -2.11. The topological polar surface area (TPSA) is 88.2 Å². The lowest BCUT2D eigenvalue weighted by molar-refractivity contribution is -0.137. The van der Waals surface area contributed by atoms with E-state index in [1.54, 1.807) is 0 Å². The average Bonchev–Trinajstić information content (AvgIpc) is 2.58. The van der Waals surface area contributed by atoms with E-state index in [-0.39, 0.29) is 34.4 Å². The second kappa shape index (κ2) is 8.13. The van der Waals surface area contributed by atoms with Crippen LogP contribution in [0, 0.1) is 0 Å². The van der Waals surface area contributed by atoms with Crippen molar-refractivity contribution in [1.29, 1.82) is 0 Å². The van der Waals surface area contributed by atoms with Crippen LogP contribution in [0.4, 0.5) is 19.0 Å². The molecule has 0 radical (unpaired) electrons. The molecule has 2 rings (SSSR count). The molecule has 11 heteroatoms. The number of rotatable bonds is 6. The highest BCUT2D eigenvalue weighted by Gasteiger charge is 2.31. The molecule has 0 aliphatic carbocycles. The fourth-order valence-electron chi connectivity index (χ4n) is 2.04. The van der Waals surface area contributed by atoms with Crippen LogP contribution in [0.25, 0.3) is 0 Å². The van der Waals surface area contributed by atoms with Crippen LogP contribution in [-0.2, 0) is 16.0 Å². The molecule has 0 aliphatic heterocycles. The number of anilines is 1. The van der Waals surface area contributed by atoms with Gasteiger partial charge in [-0.15, -0.1) is 0 Å². The molecule has 0 saturated heterocycles. The van der Waals surface area contributed by atoms with Gasteiger partial charge < -0.3 is 10.6 Å². The third-order valence-corrected chi connectivity index (χ3v) is 4.83. The van der Waals surface area contributed by atoms with Crippen molar-refractivity contribution in [3.63, 3.8) is 0 Å². The number of nitrogens with one attached hydrogen (secondary N) is 2. The first-order chi connectivity index (χ1) is 12.5. The second-order valence-corrected chi connectivity index (χ2v) is 7.95. The molecule has 1 aromatic carbocycles. The summed E-state index contributed by atoms with van der Waals surface area (Å²) in [5, 5.41) is 5.12. The summed E-state index contributed by atoms with van der Waals surface area (Å²) in [6.45, 7) is 0.316. The van der Waals surface area contributed by atoms with E-state index < -0.39 is 27.5 Å². The number of aromatic nitrogens is 1. The van der Waals surface area contributed by atoms with Gasteiger partial charge in [0.05, 0.1) is 15.5 Å². The Hall–Kier alpha value is -2.33. The van der Waals surface area contributed by atoms with Gasteiger partial charge >= 0.3 is 6.18 Å². The van der Waals surface area contributed by atoms with Gasteiger partial charge in [-0.25, -0.2) is 13.4 Å². The number of hydrogen-bond acceptors (Lipinski definition) is 5. The number of hydrogen-bond donors (Lipinski definition) is 2. The minimum Gasteiger partial charge on any atom is -0.367 e. The Morgan fingerprint density at radius 2 is 1.81 bits per heavy atom. The molecule has 0 unspecified atom stereocenters. The molecule has 1 amide bonds. The van der Waals surface area contributed by atoms with E-state index in [1.165, 1.54) is 24.3 Å². The van der Waals surface area contributed by atoms with E-state index in [2.05, 4.69) is 15.6 Å². The SMILES string of the molecule is CS(=O)(=O)c1ccc(C(=O)NCCNc2ncc(C(F)(F)F)cc2Cl)cc1. The van der Waals surface area contributed by atoms with Crippen molar-refractivity contribution in [1.82, 2.24) is 10.3 Å². The van der Waals surface area contributed by atoms with Crippen LogP contribution in [0.3, 0.4) is 0 Å². The van der Waals surface area contributed by atoms with Crippen molar-refractivity contribution in [3.8, 4) is 0 Å². The molecule has 146 valence electrons. The number of benzene rings is 1. The van der Waals surface area contributed by atoms with E-state index in [9.17, 15) is 26.4 Å². The van der Waals surface area contributed by atoms with E-state index in [0.29, 0.717) is 6.20 Å². The van der Waals surface area contributed by atoms with E-state index >= 15 is 0 Å². The molecule has 0 saturated carbocycles. The van der Waals surface area contributed by atoms with Crippen molar-refractivity contribution in [2.24, 2.45) is 0 Å². The number of pyridine rings is 1. The Balaban J connectivity index is 1.87. The maximum atomic E-state index is 12.5. The summed E-state index contributed by atoms with van der Waals surface area (Å²) >= 11 is 5.76.